The van der Waals surface area contributed by atoms with E-state index in [4.69, 9.17) is 0 Å². The largest absolute Gasteiger partial charge is 0.339 e. The standard InChI is InChI=1S/C21H19BrN4O/c1-3-26-18-11-7-5-8-14(18)13(2)20(26)17-12-19(25-24-17)23-21(27)15-9-4-6-10-16(15)22/h4-12H,3H2,1-2H3,(H2,23,24,25,27). The van der Waals surface area contributed by atoms with Gasteiger partial charge in [-0.25, -0.2) is 0 Å². The first-order chi connectivity index (χ1) is 13.1. The molecule has 4 aromatic rings. The molecule has 136 valence electrons. The fourth-order valence-electron chi connectivity index (χ4n) is 3.49. The van der Waals surface area contributed by atoms with E-state index < -0.39 is 0 Å². The van der Waals surface area contributed by atoms with E-state index in [2.05, 4.69) is 68.1 Å². The van der Waals surface area contributed by atoms with Crippen molar-refractivity contribution < 1.29 is 4.79 Å². The van der Waals surface area contributed by atoms with E-state index in [1.165, 1.54) is 16.5 Å². The van der Waals surface area contributed by atoms with Crippen LogP contribution in [0.15, 0.2) is 59.1 Å². The molecule has 4 rings (SSSR count). The van der Waals surface area contributed by atoms with Crippen molar-refractivity contribution in [2.24, 2.45) is 0 Å². The number of hydrogen-bond acceptors (Lipinski definition) is 2. The fraction of sp³-hybridized carbons (Fsp3) is 0.143. The molecule has 0 atom stereocenters. The van der Waals surface area contributed by atoms with Crippen molar-refractivity contribution in [1.29, 1.82) is 0 Å². The van der Waals surface area contributed by atoms with Crippen molar-refractivity contribution in [2.45, 2.75) is 20.4 Å². The van der Waals surface area contributed by atoms with Gasteiger partial charge in [-0.05, 0) is 53.5 Å². The van der Waals surface area contributed by atoms with Gasteiger partial charge in [0.2, 0.25) is 0 Å². The number of H-pyrrole nitrogens is 1. The topological polar surface area (TPSA) is 62.7 Å². The number of fused-ring (bicyclic) bond motifs is 1. The maximum atomic E-state index is 12.5. The molecule has 0 radical (unpaired) electrons. The Morgan fingerprint density at radius 1 is 1.19 bits per heavy atom. The summed E-state index contributed by atoms with van der Waals surface area (Å²) in [6, 6.07) is 17.6. The third kappa shape index (κ3) is 3.06. The predicted molar refractivity (Wildman–Crippen MR) is 112 cm³/mol. The first-order valence-corrected chi connectivity index (χ1v) is 9.59. The molecule has 0 aliphatic carbocycles. The minimum Gasteiger partial charge on any atom is -0.339 e. The number of carbonyl (C=O) groups excluding carboxylic acids is 1. The Hall–Kier alpha value is -2.86. The second kappa shape index (κ2) is 7.04. The van der Waals surface area contributed by atoms with E-state index in [9.17, 15) is 4.79 Å². The molecular formula is C21H19BrN4O. The quantitative estimate of drug-likeness (QED) is 0.463. The number of nitrogens with one attached hydrogen (secondary N) is 2. The van der Waals surface area contributed by atoms with Gasteiger partial charge in [-0.15, -0.1) is 0 Å². The third-order valence-electron chi connectivity index (χ3n) is 4.73. The van der Waals surface area contributed by atoms with Crippen molar-refractivity contribution in [2.75, 3.05) is 5.32 Å². The van der Waals surface area contributed by atoms with Crippen LogP contribution in [0.4, 0.5) is 5.82 Å². The molecule has 0 saturated heterocycles. The predicted octanol–water partition coefficient (Wildman–Crippen LogP) is 5.37. The van der Waals surface area contributed by atoms with Crippen LogP contribution in [0, 0.1) is 6.92 Å². The van der Waals surface area contributed by atoms with Crippen LogP contribution in [-0.4, -0.2) is 20.7 Å². The molecule has 2 aromatic carbocycles. The van der Waals surface area contributed by atoms with Crippen molar-refractivity contribution in [3.8, 4) is 11.4 Å². The molecule has 1 amide bonds. The number of aromatic nitrogens is 3. The van der Waals surface area contributed by atoms with E-state index in [0.29, 0.717) is 11.4 Å². The zero-order valence-corrected chi connectivity index (χ0v) is 16.7. The molecule has 5 nitrogen and oxygen atoms in total. The zero-order chi connectivity index (χ0) is 19.0. The van der Waals surface area contributed by atoms with E-state index in [0.717, 1.165) is 22.4 Å². The Balaban J connectivity index is 1.69. The van der Waals surface area contributed by atoms with Crippen LogP contribution in [0.2, 0.25) is 0 Å². The Bertz CT molecular complexity index is 1140. The summed E-state index contributed by atoms with van der Waals surface area (Å²) in [5.41, 5.74) is 4.93. The zero-order valence-electron chi connectivity index (χ0n) is 15.1. The lowest BCUT2D eigenvalue weighted by molar-refractivity contribution is 0.102. The summed E-state index contributed by atoms with van der Waals surface area (Å²) in [4.78, 5) is 12.5. The monoisotopic (exact) mass is 422 g/mol. The second-order valence-corrected chi connectivity index (χ2v) is 7.19. The summed E-state index contributed by atoms with van der Waals surface area (Å²) >= 11 is 3.41. The molecular weight excluding hydrogens is 404 g/mol. The fourth-order valence-corrected chi connectivity index (χ4v) is 3.95. The van der Waals surface area contributed by atoms with Gasteiger partial charge in [0.1, 0.15) is 0 Å². The number of benzene rings is 2. The van der Waals surface area contributed by atoms with Crippen LogP contribution in [-0.2, 0) is 6.54 Å². The van der Waals surface area contributed by atoms with Gasteiger partial charge in [-0.1, -0.05) is 30.3 Å². The van der Waals surface area contributed by atoms with Crippen LogP contribution in [0.1, 0.15) is 22.8 Å². The van der Waals surface area contributed by atoms with E-state index in [1.54, 1.807) is 6.07 Å². The molecule has 0 aliphatic rings. The van der Waals surface area contributed by atoms with E-state index in [1.807, 2.05) is 30.3 Å². The minimum absolute atomic E-state index is 0.201. The lowest BCUT2D eigenvalue weighted by atomic mass is 10.1. The minimum atomic E-state index is -0.201. The first kappa shape index (κ1) is 17.5. The first-order valence-electron chi connectivity index (χ1n) is 8.79. The van der Waals surface area contributed by atoms with Crippen LogP contribution in [0.5, 0.6) is 0 Å². The summed E-state index contributed by atoms with van der Waals surface area (Å²) < 4.78 is 3.01. The average Bonchev–Trinajstić information content (AvgIpc) is 3.24. The molecule has 0 fully saturated rings. The molecule has 2 heterocycles. The van der Waals surface area contributed by atoms with Gasteiger partial charge in [0.05, 0.1) is 17.0 Å². The van der Waals surface area contributed by atoms with Gasteiger partial charge in [0.15, 0.2) is 5.82 Å². The van der Waals surface area contributed by atoms with E-state index >= 15 is 0 Å². The summed E-state index contributed by atoms with van der Waals surface area (Å²) in [6.07, 6.45) is 0. The molecule has 0 aliphatic heterocycles. The van der Waals surface area contributed by atoms with Crippen molar-refractivity contribution in [1.82, 2.24) is 14.8 Å². The van der Waals surface area contributed by atoms with Gasteiger partial charge in [0, 0.05) is 28.0 Å². The number of amides is 1. The Morgan fingerprint density at radius 3 is 2.70 bits per heavy atom. The number of para-hydroxylation sites is 1. The maximum absolute atomic E-state index is 12.5. The SMILES string of the molecule is CCn1c(-c2cc(NC(=O)c3ccccc3Br)n[nH]2)c(C)c2ccccc21. The molecule has 2 N–H and O–H groups in total. The summed E-state index contributed by atoms with van der Waals surface area (Å²) in [6.45, 7) is 5.09. The molecule has 6 heteroatoms. The third-order valence-corrected chi connectivity index (χ3v) is 5.42. The number of nitrogens with zero attached hydrogens (tertiary/aromatic N) is 2. The lowest BCUT2D eigenvalue weighted by Gasteiger charge is -2.06. The highest BCUT2D eigenvalue weighted by atomic mass is 79.9. The average molecular weight is 423 g/mol. The van der Waals surface area contributed by atoms with Crippen molar-refractivity contribution >= 4 is 38.6 Å². The molecule has 2 aromatic heterocycles. The van der Waals surface area contributed by atoms with Gasteiger partial charge >= 0.3 is 0 Å². The number of anilines is 1. The maximum Gasteiger partial charge on any atom is 0.258 e. The Labute approximate surface area is 165 Å². The van der Waals surface area contributed by atoms with Gasteiger partial charge in [0.25, 0.3) is 5.91 Å². The van der Waals surface area contributed by atoms with Gasteiger partial charge in [-0.2, -0.15) is 5.10 Å². The van der Waals surface area contributed by atoms with Crippen molar-refractivity contribution in [3.05, 3.63) is 70.2 Å². The van der Waals surface area contributed by atoms with Crippen LogP contribution < -0.4 is 5.32 Å². The molecule has 0 spiro atoms. The highest BCUT2D eigenvalue weighted by Gasteiger charge is 2.17. The molecule has 0 bridgehead atoms. The van der Waals surface area contributed by atoms with Crippen LogP contribution in [0.3, 0.4) is 0 Å². The van der Waals surface area contributed by atoms with Crippen molar-refractivity contribution in [3.63, 3.8) is 0 Å². The second-order valence-electron chi connectivity index (χ2n) is 6.34. The highest BCUT2D eigenvalue weighted by Crippen LogP contribution is 2.33. The smallest absolute Gasteiger partial charge is 0.258 e. The van der Waals surface area contributed by atoms with Gasteiger partial charge < -0.3 is 9.88 Å². The summed E-state index contributed by atoms with van der Waals surface area (Å²) in [5, 5.41) is 11.4. The number of carbonyl (C=O) groups is 1. The molecule has 0 saturated carbocycles. The summed E-state index contributed by atoms with van der Waals surface area (Å²) in [7, 11) is 0. The number of aryl methyl sites for hydroxylation is 2. The molecule has 27 heavy (non-hydrogen) atoms. The lowest BCUT2D eigenvalue weighted by Crippen LogP contribution is -2.12. The normalized spacial score (nSPS) is 11.1. The number of aromatic amines is 1. The Kier molecular flexibility index (Phi) is 4.58. The molecule has 0 unspecified atom stereocenters. The number of rotatable bonds is 4. The highest BCUT2D eigenvalue weighted by molar-refractivity contribution is 9.10. The van der Waals surface area contributed by atoms with Gasteiger partial charge in [-0.3, -0.25) is 9.89 Å². The number of halogens is 1. The van der Waals surface area contributed by atoms with E-state index in [-0.39, 0.29) is 5.91 Å². The number of hydrogen-bond donors (Lipinski definition) is 2. The van der Waals surface area contributed by atoms with Crippen LogP contribution in [0.25, 0.3) is 22.3 Å². The Morgan fingerprint density at radius 2 is 1.93 bits per heavy atom. The van der Waals surface area contributed by atoms with Crippen LogP contribution >= 0.6 is 15.9 Å². The summed E-state index contributed by atoms with van der Waals surface area (Å²) in [5.74, 6) is 0.298.